The fourth-order valence-electron chi connectivity index (χ4n) is 3.80. The van der Waals surface area contributed by atoms with E-state index in [2.05, 4.69) is 72.8 Å². The Balaban J connectivity index is 1.87. The van der Waals surface area contributed by atoms with E-state index in [9.17, 15) is 0 Å². The molecule has 0 aromatic heterocycles. The molecule has 1 aliphatic heterocycles. The molecular weight excluding hydrogens is 312 g/mol. The summed E-state index contributed by atoms with van der Waals surface area (Å²) in [7, 11) is 1.53. The van der Waals surface area contributed by atoms with Gasteiger partial charge < -0.3 is 9.47 Å². The molecule has 4 rings (SSSR count). The van der Waals surface area contributed by atoms with E-state index in [1.807, 2.05) is 0 Å². The van der Waals surface area contributed by atoms with Gasteiger partial charge in [-0.15, -0.1) is 0 Å². The molecular formula is C21H20O2Si. The van der Waals surface area contributed by atoms with Crippen LogP contribution in [-0.4, -0.2) is 22.3 Å². The minimum absolute atomic E-state index is 0.908. The molecule has 1 heterocycles. The molecule has 0 radical (unpaired) electrons. The van der Waals surface area contributed by atoms with Crippen LogP contribution in [0.2, 0.25) is 0 Å². The van der Waals surface area contributed by atoms with Crippen molar-refractivity contribution >= 4 is 23.6 Å². The molecule has 0 N–H and O–H groups in total. The molecule has 0 unspecified atom stereocenters. The average molecular weight is 332 g/mol. The van der Waals surface area contributed by atoms with Crippen molar-refractivity contribution in [3.8, 4) is 11.5 Å². The maximum atomic E-state index is 5.34. The molecule has 24 heavy (non-hydrogen) atoms. The van der Waals surface area contributed by atoms with Crippen LogP contribution in [0.5, 0.6) is 11.5 Å². The summed E-state index contributed by atoms with van der Waals surface area (Å²) in [6.45, 7) is 0. The summed E-state index contributed by atoms with van der Waals surface area (Å²) in [5, 5.41) is 4.40. The highest BCUT2D eigenvalue weighted by molar-refractivity contribution is 7.14. The van der Waals surface area contributed by atoms with Crippen LogP contribution < -0.4 is 25.0 Å². The third kappa shape index (κ3) is 2.16. The topological polar surface area (TPSA) is 18.5 Å². The Kier molecular flexibility index (Phi) is 3.66. The summed E-state index contributed by atoms with van der Waals surface area (Å²) in [5.74, 6) is 1.82. The lowest BCUT2D eigenvalue weighted by molar-refractivity contribution is 0.415. The van der Waals surface area contributed by atoms with Crippen LogP contribution >= 0.6 is 0 Å². The highest BCUT2D eigenvalue weighted by atomic mass is 28.3. The Labute approximate surface area is 143 Å². The Hall–Kier alpha value is -2.52. The molecule has 3 aromatic rings. The average Bonchev–Trinajstić information content (AvgIpc) is 2.64. The van der Waals surface area contributed by atoms with Crippen LogP contribution in [0.1, 0.15) is 5.56 Å². The van der Waals surface area contributed by atoms with Crippen molar-refractivity contribution in [1.29, 1.82) is 0 Å². The molecule has 0 amide bonds. The first-order valence-electron chi connectivity index (χ1n) is 8.15. The van der Waals surface area contributed by atoms with Crippen LogP contribution in [-0.2, 0) is 6.04 Å². The lowest BCUT2D eigenvalue weighted by Gasteiger charge is -2.43. The zero-order valence-electron chi connectivity index (χ0n) is 14.0. The number of hydrogen-bond donors (Lipinski definition) is 0. The van der Waals surface area contributed by atoms with Gasteiger partial charge in [0.15, 0.2) is 8.07 Å². The molecule has 0 spiro atoms. The lowest BCUT2D eigenvalue weighted by atomic mass is 10.2. The van der Waals surface area contributed by atoms with E-state index in [4.69, 9.17) is 9.47 Å². The molecule has 0 saturated carbocycles. The monoisotopic (exact) mass is 332 g/mol. The van der Waals surface area contributed by atoms with Gasteiger partial charge in [0.2, 0.25) is 0 Å². The molecule has 0 atom stereocenters. The molecule has 2 nitrogen and oxygen atoms in total. The van der Waals surface area contributed by atoms with Gasteiger partial charge in [-0.25, -0.2) is 0 Å². The number of fused-ring (bicyclic) bond motifs is 1. The third-order valence-electron chi connectivity index (χ3n) is 5.10. The summed E-state index contributed by atoms with van der Waals surface area (Å²) in [5.41, 5.74) is 1.48. The van der Waals surface area contributed by atoms with E-state index < -0.39 is 8.07 Å². The Morgan fingerprint density at radius 3 is 1.62 bits per heavy atom. The van der Waals surface area contributed by atoms with E-state index in [0.29, 0.717) is 0 Å². The second kappa shape index (κ2) is 5.84. The summed E-state index contributed by atoms with van der Waals surface area (Å²) >= 11 is 0. The second-order valence-electron chi connectivity index (χ2n) is 6.20. The SMILES string of the molecule is COc1ccc([Si]2(c3ccc(OC)cc3)Cc3ccccc32)cc1. The molecule has 120 valence electrons. The fraction of sp³-hybridized carbons (Fsp3) is 0.143. The molecule has 0 saturated heterocycles. The summed E-state index contributed by atoms with van der Waals surface area (Å²) in [6, 6.07) is 27.3. The highest BCUT2D eigenvalue weighted by Gasteiger charge is 2.47. The standard InChI is InChI=1S/C21H20O2Si/c1-22-17-7-11-19(12-8-17)24(15-16-5-3-4-6-21(16)24)20-13-9-18(23-2)10-14-20/h3-14H,15H2,1-2H3. The van der Waals surface area contributed by atoms with E-state index >= 15 is 0 Å². The van der Waals surface area contributed by atoms with Crippen molar-refractivity contribution < 1.29 is 9.47 Å². The van der Waals surface area contributed by atoms with Gasteiger partial charge in [-0.3, -0.25) is 0 Å². The third-order valence-corrected chi connectivity index (χ3v) is 10.1. The van der Waals surface area contributed by atoms with Gasteiger partial charge in [0.05, 0.1) is 14.2 Å². The van der Waals surface area contributed by atoms with Gasteiger partial charge in [-0.2, -0.15) is 0 Å². The maximum absolute atomic E-state index is 5.34. The molecule has 0 aliphatic carbocycles. The minimum Gasteiger partial charge on any atom is -0.497 e. The van der Waals surface area contributed by atoms with Crippen LogP contribution in [0, 0.1) is 0 Å². The van der Waals surface area contributed by atoms with Crippen molar-refractivity contribution in [2.75, 3.05) is 14.2 Å². The molecule has 0 bridgehead atoms. The molecule has 1 aliphatic rings. The van der Waals surface area contributed by atoms with Crippen LogP contribution in [0.15, 0.2) is 72.8 Å². The van der Waals surface area contributed by atoms with Gasteiger partial charge >= 0.3 is 0 Å². The van der Waals surface area contributed by atoms with E-state index in [0.717, 1.165) is 17.5 Å². The van der Waals surface area contributed by atoms with Crippen LogP contribution in [0.3, 0.4) is 0 Å². The molecule has 0 fully saturated rings. The van der Waals surface area contributed by atoms with Gasteiger partial charge in [-0.1, -0.05) is 48.5 Å². The van der Waals surface area contributed by atoms with Crippen LogP contribution in [0.4, 0.5) is 0 Å². The minimum atomic E-state index is -1.90. The summed E-state index contributed by atoms with van der Waals surface area (Å²) in [6.07, 6.45) is 0. The van der Waals surface area contributed by atoms with Crippen LogP contribution in [0.25, 0.3) is 0 Å². The largest absolute Gasteiger partial charge is 0.497 e. The lowest BCUT2D eigenvalue weighted by Crippen LogP contribution is -2.75. The van der Waals surface area contributed by atoms with Gasteiger partial charge in [0.25, 0.3) is 0 Å². The Morgan fingerprint density at radius 1 is 0.667 bits per heavy atom. The van der Waals surface area contributed by atoms with Gasteiger partial charge in [-0.05, 0) is 51.4 Å². The van der Waals surface area contributed by atoms with E-state index in [-0.39, 0.29) is 0 Å². The number of methoxy groups -OCH3 is 2. The summed E-state index contributed by atoms with van der Waals surface area (Å²) < 4.78 is 10.7. The van der Waals surface area contributed by atoms with Crippen molar-refractivity contribution in [2.24, 2.45) is 0 Å². The normalized spacial score (nSPS) is 14.4. The molecule has 3 heteroatoms. The zero-order chi connectivity index (χ0) is 16.6. The zero-order valence-corrected chi connectivity index (χ0v) is 15.0. The quantitative estimate of drug-likeness (QED) is 0.683. The second-order valence-corrected chi connectivity index (χ2v) is 10.1. The first kappa shape index (κ1) is 15.0. The van der Waals surface area contributed by atoms with Gasteiger partial charge in [0, 0.05) is 0 Å². The first-order chi connectivity index (χ1) is 11.8. The highest BCUT2D eigenvalue weighted by Crippen LogP contribution is 2.25. The number of benzene rings is 3. The summed E-state index contributed by atoms with van der Waals surface area (Å²) in [4.78, 5) is 0. The molecule has 3 aromatic carbocycles. The predicted molar refractivity (Wildman–Crippen MR) is 101 cm³/mol. The number of rotatable bonds is 4. The maximum Gasteiger partial charge on any atom is 0.152 e. The van der Waals surface area contributed by atoms with Crippen molar-refractivity contribution in [3.63, 3.8) is 0 Å². The van der Waals surface area contributed by atoms with Gasteiger partial charge in [0.1, 0.15) is 11.5 Å². The van der Waals surface area contributed by atoms with E-state index in [1.54, 1.807) is 14.2 Å². The number of ether oxygens (including phenoxy) is 2. The van der Waals surface area contributed by atoms with Crippen molar-refractivity contribution in [1.82, 2.24) is 0 Å². The Bertz CT molecular complexity index is 806. The fourth-order valence-corrected chi connectivity index (χ4v) is 8.50. The predicted octanol–water partition coefficient (Wildman–Crippen LogP) is 2.27. The smallest absolute Gasteiger partial charge is 0.152 e. The van der Waals surface area contributed by atoms with Crippen molar-refractivity contribution in [2.45, 2.75) is 6.04 Å². The van der Waals surface area contributed by atoms with E-state index in [1.165, 1.54) is 21.1 Å². The Morgan fingerprint density at radius 2 is 1.17 bits per heavy atom. The number of hydrogen-bond acceptors (Lipinski definition) is 2. The van der Waals surface area contributed by atoms with Crippen molar-refractivity contribution in [3.05, 3.63) is 78.4 Å². The first-order valence-corrected chi connectivity index (χ1v) is 10.4.